The van der Waals surface area contributed by atoms with Crippen molar-refractivity contribution >= 4 is 33.9 Å². The molecule has 1 aliphatic rings. The highest BCUT2D eigenvalue weighted by atomic mass is 32.1. The lowest BCUT2D eigenvalue weighted by molar-refractivity contribution is -0.380. The molecule has 1 unspecified atom stereocenters. The van der Waals surface area contributed by atoms with Crippen LogP contribution in [0.25, 0.3) is 0 Å². The minimum absolute atomic E-state index is 0.00331. The quantitative estimate of drug-likeness (QED) is 0.482. The fourth-order valence-corrected chi connectivity index (χ4v) is 3.46. The van der Waals surface area contributed by atoms with E-state index in [0.29, 0.717) is 0 Å². The van der Waals surface area contributed by atoms with Crippen LogP contribution in [0.2, 0.25) is 0 Å². The van der Waals surface area contributed by atoms with Gasteiger partial charge in [-0.05, 0) is 31.0 Å². The van der Waals surface area contributed by atoms with Gasteiger partial charge in [-0.15, -0.1) is 0 Å². The van der Waals surface area contributed by atoms with E-state index in [1.165, 1.54) is 12.1 Å². The summed E-state index contributed by atoms with van der Waals surface area (Å²) in [5, 5.41) is 10.5. The molecule has 8 heteroatoms. The molecule has 0 saturated carbocycles. The lowest BCUT2D eigenvalue weighted by atomic mass is 10.1. The maximum Gasteiger partial charge on any atom is 0.349 e. The first kappa shape index (κ1) is 16.1. The van der Waals surface area contributed by atoms with Gasteiger partial charge >= 0.3 is 11.0 Å². The molecule has 124 valence electrons. The van der Waals surface area contributed by atoms with Gasteiger partial charge in [-0.3, -0.25) is 14.9 Å². The van der Waals surface area contributed by atoms with Crippen molar-refractivity contribution in [2.75, 3.05) is 11.5 Å². The number of fused-ring (bicyclic) bond motifs is 1. The van der Waals surface area contributed by atoms with E-state index in [2.05, 4.69) is 0 Å². The van der Waals surface area contributed by atoms with E-state index in [-0.39, 0.29) is 21.8 Å². The highest BCUT2D eigenvalue weighted by Gasteiger charge is 2.31. The molecule has 0 N–H and O–H groups in total. The standard InChI is InChI=1S/C16H14N2O5S/c1-10-8-11-4-2-3-5-12(11)17(10)14(19)9-23-16(20)13-6-7-15(24-13)18(21)22/h2-7,10H,8-9H2,1H3. The number of benzene rings is 1. The van der Waals surface area contributed by atoms with Gasteiger partial charge in [0.15, 0.2) is 6.61 Å². The van der Waals surface area contributed by atoms with E-state index in [1.807, 2.05) is 31.2 Å². The Morgan fingerprint density at radius 3 is 2.79 bits per heavy atom. The van der Waals surface area contributed by atoms with Gasteiger partial charge in [-0.1, -0.05) is 29.5 Å². The predicted octanol–water partition coefficient (Wildman–Crippen LogP) is 2.79. The number of hydrogen-bond donors (Lipinski definition) is 0. The first-order chi connectivity index (χ1) is 11.5. The number of amides is 1. The Morgan fingerprint density at radius 1 is 1.33 bits per heavy atom. The van der Waals surface area contributed by atoms with Crippen LogP contribution in [-0.2, 0) is 16.0 Å². The molecule has 1 aromatic carbocycles. The minimum atomic E-state index is -0.735. The van der Waals surface area contributed by atoms with Gasteiger partial charge in [0.2, 0.25) is 0 Å². The molecular formula is C16H14N2O5S. The summed E-state index contributed by atoms with van der Waals surface area (Å²) < 4.78 is 5.02. The fourth-order valence-electron chi connectivity index (χ4n) is 2.75. The minimum Gasteiger partial charge on any atom is -0.451 e. The van der Waals surface area contributed by atoms with Crippen molar-refractivity contribution in [3.05, 3.63) is 57.0 Å². The Balaban J connectivity index is 1.65. The highest BCUT2D eigenvalue weighted by Crippen LogP contribution is 2.32. The molecule has 3 rings (SSSR count). The van der Waals surface area contributed by atoms with E-state index in [4.69, 9.17) is 4.74 Å². The average molecular weight is 346 g/mol. The van der Waals surface area contributed by atoms with E-state index >= 15 is 0 Å². The van der Waals surface area contributed by atoms with Gasteiger partial charge in [-0.2, -0.15) is 0 Å². The van der Waals surface area contributed by atoms with Gasteiger partial charge in [0, 0.05) is 17.8 Å². The van der Waals surface area contributed by atoms with Gasteiger partial charge < -0.3 is 9.64 Å². The summed E-state index contributed by atoms with van der Waals surface area (Å²) in [7, 11) is 0. The van der Waals surface area contributed by atoms with Crippen LogP contribution in [-0.4, -0.2) is 29.4 Å². The zero-order valence-corrected chi connectivity index (χ0v) is 13.6. The molecule has 1 amide bonds. The first-order valence-electron chi connectivity index (χ1n) is 7.28. The summed E-state index contributed by atoms with van der Waals surface area (Å²) >= 11 is 0.724. The monoisotopic (exact) mass is 346 g/mol. The number of ether oxygens (including phenoxy) is 1. The first-order valence-corrected chi connectivity index (χ1v) is 8.10. The normalized spacial score (nSPS) is 15.9. The van der Waals surface area contributed by atoms with Crippen molar-refractivity contribution < 1.29 is 19.2 Å². The molecule has 0 aliphatic carbocycles. The van der Waals surface area contributed by atoms with Crippen LogP contribution in [0.5, 0.6) is 0 Å². The van der Waals surface area contributed by atoms with Crippen molar-refractivity contribution in [2.24, 2.45) is 0 Å². The third kappa shape index (κ3) is 3.00. The second kappa shape index (κ2) is 6.40. The number of carbonyl (C=O) groups excluding carboxylic acids is 2. The predicted molar refractivity (Wildman–Crippen MR) is 88.3 cm³/mol. The van der Waals surface area contributed by atoms with Crippen molar-refractivity contribution in [2.45, 2.75) is 19.4 Å². The summed E-state index contributed by atoms with van der Waals surface area (Å²) in [6, 6.07) is 10.2. The smallest absolute Gasteiger partial charge is 0.349 e. The SMILES string of the molecule is CC1Cc2ccccc2N1C(=O)COC(=O)c1ccc([N+](=O)[O-])s1. The average Bonchev–Trinajstić information content (AvgIpc) is 3.16. The van der Waals surface area contributed by atoms with Crippen LogP contribution in [0, 0.1) is 10.1 Å². The second-order valence-electron chi connectivity index (χ2n) is 5.42. The zero-order valence-electron chi connectivity index (χ0n) is 12.8. The van der Waals surface area contributed by atoms with Gasteiger partial charge in [0.25, 0.3) is 5.91 Å². The van der Waals surface area contributed by atoms with Crippen molar-refractivity contribution in [1.29, 1.82) is 0 Å². The summed E-state index contributed by atoms with van der Waals surface area (Å²) in [6.07, 6.45) is 0.757. The molecule has 0 fully saturated rings. The molecule has 24 heavy (non-hydrogen) atoms. The van der Waals surface area contributed by atoms with Gasteiger partial charge in [0.1, 0.15) is 4.88 Å². The van der Waals surface area contributed by atoms with Gasteiger partial charge in [-0.25, -0.2) is 4.79 Å². The van der Waals surface area contributed by atoms with E-state index < -0.39 is 17.5 Å². The zero-order chi connectivity index (χ0) is 17.3. The Hall–Kier alpha value is -2.74. The summed E-state index contributed by atoms with van der Waals surface area (Å²) in [6.45, 7) is 1.53. The number of nitro groups is 1. The third-order valence-electron chi connectivity index (χ3n) is 3.78. The Labute approximate surface area is 141 Å². The highest BCUT2D eigenvalue weighted by molar-refractivity contribution is 7.17. The number of rotatable bonds is 4. The molecule has 2 heterocycles. The summed E-state index contributed by atoms with van der Waals surface area (Å²) in [5.41, 5.74) is 1.91. The molecule has 1 aliphatic heterocycles. The van der Waals surface area contributed by atoms with Crippen LogP contribution in [0.3, 0.4) is 0 Å². The van der Waals surface area contributed by atoms with E-state index in [0.717, 1.165) is 29.0 Å². The van der Waals surface area contributed by atoms with Crippen LogP contribution >= 0.6 is 11.3 Å². The van der Waals surface area contributed by atoms with Gasteiger partial charge in [0.05, 0.1) is 4.92 Å². The largest absolute Gasteiger partial charge is 0.451 e. The second-order valence-corrected chi connectivity index (χ2v) is 6.48. The number of carbonyl (C=O) groups is 2. The molecule has 7 nitrogen and oxygen atoms in total. The van der Waals surface area contributed by atoms with Crippen LogP contribution in [0.1, 0.15) is 22.2 Å². The molecule has 2 aromatic rings. The number of hydrogen-bond acceptors (Lipinski definition) is 6. The Kier molecular flexibility index (Phi) is 4.30. The molecule has 0 spiro atoms. The maximum atomic E-state index is 12.4. The lowest BCUT2D eigenvalue weighted by Gasteiger charge is -2.22. The molecular weight excluding hydrogens is 332 g/mol. The number of thiophene rings is 1. The maximum absolute atomic E-state index is 12.4. The summed E-state index contributed by atoms with van der Waals surface area (Å²) in [4.78, 5) is 36.1. The van der Waals surface area contributed by atoms with E-state index in [9.17, 15) is 19.7 Å². The van der Waals surface area contributed by atoms with Crippen LogP contribution < -0.4 is 4.90 Å². The van der Waals surface area contributed by atoms with Crippen LogP contribution in [0.4, 0.5) is 10.7 Å². The van der Waals surface area contributed by atoms with Crippen molar-refractivity contribution in [3.63, 3.8) is 0 Å². The number of para-hydroxylation sites is 1. The number of nitrogens with zero attached hydrogens (tertiary/aromatic N) is 2. The van der Waals surface area contributed by atoms with E-state index in [1.54, 1.807) is 4.90 Å². The number of anilines is 1. The fraction of sp³-hybridized carbons (Fsp3) is 0.250. The third-order valence-corrected chi connectivity index (χ3v) is 4.79. The summed E-state index contributed by atoms with van der Waals surface area (Å²) in [5.74, 6) is -1.05. The number of esters is 1. The molecule has 0 radical (unpaired) electrons. The Morgan fingerprint density at radius 2 is 2.08 bits per heavy atom. The lowest BCUT2D eigenvalue weighted by Crippen LogP contribution is -2.38. The molecule has 1 aromatic heterocycles. The van der Waals surface area contributed by atoms with Crippen molar-refractivity contribution in [1.82, 2.24) is 0 Å². The molecule has 0 saturated heterocycles. The Bertz CT molecular complexity index is 816. The molecule has 0 bridgehead atoms. The van der Waals surface area contributed by atoms with Crippen LogP contribution in [0.15, 0.2) is 36.4 Å². The topological polar surface area (TPSA) is 89.8 Å². The van der Waals surface area contributed by atoms with Crippen molar-refractivity contribution in [3.8, 4) is 0 Å². The molecule has 1 atom stereocenters.